The molecule has 4 aliphatic rings. The number of allylic oxidation sites excluding steroid dienone is 3. The molecule has 3 aromatic rings. The number of amides is 2. The lowest BCUT2D eigenvalue weighted by atomic mass is 10.0. The van der Waals surface area contributed by atoms with E-state index in [0.717, 1.165) is 40.5 Å². The normalized spacial score (nSPS) is 20.5. The lowest BCUT2D eigenvalue weighted by Gasteiger charge is -2.37. The van der Waals surface area contributed by atoms with Crippen molar-refractivity contribution in [3.63, 3.8) is 0 Å². The van der Waals surface area contributed by atoms with Gasteiger partial charge in [0.15, 0.2) is 11.4 Å². The van der Waals surface area contributed by atoms with E-state index in [0.29, 0.717) is 62.1 Å². The molecule has 13 heteroatoms. The van der Waals surface area contributed by atoms with Gasteiger partial charge in [-0.2, -0.15) is 0 Å². The first-order valence-electron chi connectivity index (χ1n) is 16.1. The van der Waals surface area contributed by atoms with Crippen molar-refractivity contribution in [2.24, 2.45) is 10.2 Å². The van der Waals surface area contributed by atoms with Gasteiger partial charge in [0.2, 0.25) is 5.91 Å². The van der Waals surface area contributed by atoms with Gasteiger partial charge in [0, 0.05) is 98.7 Å². The molecular weight excluding hydrogens is 610 g/mol. The maximum atomic E-state index is 13.8. The van der Waals surface area contributed by atoms with Crippen LogP contribution in [0.1, 0.15) is 18.9 Å². The molecule has 0 spiro atoms. The van der Waals surface area contributed by atoms with Gasteiger partial charge < -0.3 is 19.9 Å². The van der Waals surface area contributed by atoms with Gasteiger partial charge in [0.1, 0.15) is 5.70 Å². The lowest BCUT2D eigenvalue weighted by molar-refractivity contribution is -0.140. The quantitative estimate of drug-likeness (QED) is 0.363. The van der Waals surface area contributed by atoms with E-state index in [4.69, 9.17) is 4.74 Å². The molecule has 0 aliphatic carbocycles. The number of anilines is 2. The molecule has 5 heterocycles. The smallest absolute Gasteiger partial charge is 0.258 e. The summed E-state index contributed by atoms with van der Waals surface area (Å²) in [5.41, 5.74) is 4.54. The van der Waals surface area contributed by atoms with Crippen molar-refractivity contribution in [2.75, 3.05) is 62.6 Å². The Bertz CT molecular complexity index is 1780. The van der Waals surface area contributed by atoms with Crippen LogP contribution in [0.25, 0.3) is 17.1 Å². The topological polar surface area (TPSA) is 139 Å². The van der Waals surface area contributed by atoms with E-state index in [-0.39, 0.29) is 18.4 Å². The number of nitrogens with one attached hydrogen (secondary N) is 1. The molecule has 7 rings (SSSR count). The van der Waals surface area contributed by atoms with Crippen molar-refractivity contribution >= 4 is 34.6 Å². The summed E-state index contributed by atoms with van der Waals surface area (Å²) in [4.78, 5) is 42.0. The number of likely N-dealkylation sites (tertiary alicyclic amines) is 1. The van der Waals surface area contributed by atoms with Crippen LogP contribution in [0.3, 0.4) is 0 Å². The summed E-state index contributed by atoms with van der Waals surface area (Å²) in [5, 5.41) is 22.2. The largest absolute Gasteiger partial charge is 0.368 e. The van der Waals surface area contributed by atoms with Crippen LogP contribution in [0, 0.1) is 0 Å². The number of carbonyl (C=O) groups is 2. The van der Waals surface area contributed by atoms with Gasteiger partial charge in [-0.25, -0.2) is 15.0 Å². The van der Waals surface area contributed by atoms with Gasteiger partial charge in [-0.05, 0) is 74.0 Å². The number of ether oxygens (including phenoxy) is 1. The summed E-state index contributed by atoms with van der Waals surface area (Å²) in [6, 6.07) is 15.5. The van der Waals surface area contributed by atoms with Crippen LogP contribution in [-0.4, -0.2) is 99.9 Å². The van der Waals surface area contributed by atoms with Crippen LogP contribution in [0.15, 0.2) is 101 Å². The predicted molar refractivity (Wildman–Crippen MR) is 180 cm³/mol. The number of fused-ring (bicyclic) bond motifs is 1. The Morgan fingerprint density at radius 1 is 0.958 bits per heavy atom. The highest BCUT2D eigenvalue weighted by atomic mass is 16.5. The molecule has 1 aromatic heterocycles. The Kier molecular flexibility index (Phi) is 8.80. The van der Waals surface area contributed by atoms with Crippen LogP contribution >= 0.6 is 0 Å². The summed E-state index contributed by atoms with van der Waals surface area (Å²) >= 11 is 0. The number of hydrogen-bond acceptors (Lipinski definition) is 11. The Morgan fingerprint density at radius 2 is 1.71 bits per heavy atom. The number of piperazine rings is 1. The van der Waals surface area contributed by atoms with E-state index < -0.39 is 5.60 Å². The molecule has 13 nitrogen and oxygen atoms in total. The molecule has 2 saturated heterocycles. The molecule has 48 heavy (non-hydrogen) atoms. The van der Waals surface area contributed by atoms with E-state index in [9.17, 15) is 14.8 Å². The first-order chi connectivity index (χ1) is 23.4. The zero-order chi connectivity index (χ0) is 33.1. The summed E-state index contributed by atoms with van der Waals surface area (Å²) in [6.45, 7) is 6.13. The lowest BCUT2D eigenvalue weighted by Crippen LogP contribution is -2.52. The highest BCUT2D eigenvalue weighted by molar-refractivity contribution is 5.99. The third kappa shape index (κ3) is 6.47. The third-order valence-corrected chi connectivity index (χ3v) is 9.05. The van der Waals surface area contributed by atoms with Gasteiger partial charge in [0.25, 0.3) is 5.91 Å². The average molecular weight is 648 g/mol. The maximum Gasteiger partial charge on any atom is 0.258 e. The van der Waals surface area contributed by atoms with Gasteiger partial charge in [-0.1, -0.05) is 0 Å². The van der Waals surface area contributed by atoms with Crippen LogP contribution < -0.4 is 10.2 Å². The molecule has 2 N–H and O–H groups in total. The monoisotopic (exact) mass is 647 g/mol. The molecule has 0 radical (unpaired) electrons. The molecule has 0 bridgehead atoms. The highest BCUT2D eigenvalue weighted by Gasteiger charge is 2.46. The second-order valence-electron chi connectivity index (χ2n) is 12.1. The molecule has 0 unspecified atom stereocenters. The van der Waals surface area contributed by atoms with Crippen LogP contribution in [0.5, 0.6) is 0 Å². The minimum absolute atomic E-state index is 0.0563. The van der Waals surface area contributed by atoms with Crippen molar-refractivity contribution in [1.82, 2.24) is 24.8 Å². The SMILES string of the molecule is CCO[C@@]1(C(=O)Nc2ccc3c(c2)C(=C2C=CN(O)C=C2)N=N3)CCN(CC(=O)N2CCN(c3ccc(-c4ncccn4)cc3)CC2)C1. The standard InChI is InChI=1S/C35H37N9O4/c1-2-48-35(34(46)38-27-6-9-30-29(22-27)32(40-39-30)25-10-15-44(47)16-11-25)12-17-41(24-35)23-31(45)43-20-18-42(19-21-43)28-7-4-26(5-8-28)33-36-13-3-14-37-33/h3-11,13-16,22,47H,2,12,17-21,23-24H2,1H3,(H,38,46)/t35-/m0/s1. The number of nitrogens with zero attached hydrogens (tertiary/aromatic N) is 8. The second-order valence-corrected chi connectivity index (χ2v) is 12.1. The van der Waals surface area contributed by atoms with E-state index in [1.807, 2.05) is 41.0 Å². The molecule has 2 fully saturated rings. The average Bonchev–Trinajstić information content (AvgIpc) is 3.74. The van der Waals surface area contributed by atoms with Crippen molar-refractivity contribution < 1.29 is 19.5 Å². The van der Waals surface area contributed by atoms with E-state index in [2.05, 4.69) is 42.5 Å². The fraction of sp³-hybridized carbons (Fsp3) is 0.314. The molecule has 2 amide bonds. The first kappa shape index (κ1) is 31.4. The number of hydrogen-bond donors (Lipinski definition) is 2. The summed E-state index contributed by atoms with van der Waals surface area (Å²) in [6.07, 6.45) is 10.5. The molecule has 2 aromatic carbocycles. The minimum Gasteiger partial charge on any atom is -0.368 e. The molecule has 246 valence electrons. The van der Waals surface area contributed by atoms with Gasteiger partial charge in [0.05, 0.1) is 12.2 Å². The molecule has 0 saturated carbocycles. The van der Waals surface area contributed by atoms with Gasteiger partial charge in [-0.3, -0.25) is 19.7 Å². The van der Waals surface area contributed by atoms with Crippen molar-refractivity contribution in [2.45, 2.75) is 18.9 Å². The number of benzene rings is 2. The maximum absolute atomic E-state index is 13.8. The molecule has 4 aliphatic heterocycles. The highest BCUT2D eigenvalue weighted by Crippen LogP contribution is 2.40. The molecule has 1 atom stereocenters. The first-order valence-corrected chi connectivity index (χ1v) is 16.1. The zero-order valence-electron chi connectivity index (χ0n) is 26.7. The Labute approximate surface area is 278 Å². The third-order valence-electron chi connectivity index (χ3n) is 9.05. The van der Waals surface area contributed by atoms with Crippen LogP contribution in [0.2, 0.25) is 0 Å². The Balaban J connectivity index is 0.945. The zero-order valence-corrected chi connectivity index (χ0v) is 26.7. The van der Waals surface area contributed by atoms with E-state index in [1.165, 1.54) is 12.4 Å². The van der Waals surface area contributed by atoms with Gasteiger partial charge >= 0.3 is 0 Å². The van der Waals surface area contributed by atoms with Crippen molar-refractivity contribution in [1.29, 1.82) is 0 Å². The Morgan fingerprint density at radius 3 is 2.44 bits per heavy atom. The van der Waals surface area contributed by atoms with Gasteiger partial charge in [-0.15, -0.1) is 10.2 Å². The Hall–Kier alpha value is -5.24. The fourth-order valence-electron chi connectivity index (χ4n) is 6.50. The van der Waals surface area contributed by atoms with Crippen molar-refractivity contribution in [3.05, 3.63) is 96.6 Å². The summed E-state index contributed by atoms with van der Waals surface area (Å²) < 4.78 is 6.11. The van der Waals surface area contributed by atoms with Crippen LogP contribution in [-0.2, 0) is 14.3 Å². The fourth-order valence-corrected chi connectivity index (χ4v) is 6.50. The number of azo groups is 1. The summed E-state index contributed by atoms with van der Waals surface area (Å²) in [5.74, 6) is 0.509. The summed E-state index contributed by atoms with van der Waals surface area (Å²) in [7, 11) is 0. The van der Waals surface area contributed by atoms with E-state index in [1.54, 1.807) is 36.7 Å². The minimum atomic E-state index is -1.07. The second kappa shape index (κ2) is 13.5. The number of aromatic nitrogens is 2. The van der Waals surface area contributed by atoms with Crippen molar-refractivity contribution in [3.8, 4) is 11.4 Å². The number of carbonyl (C=O) groups excluding carboxylic acids is 2. The predicted octanol–water partition coefficient (Wildman–Crippen LogP) is 4.45. The van der Waals surface area contributed by atoms with Crippen LogP contribution in [0.4, 0.5) is 17.1 Å². The van der Waals surface area contributed by atoms with E-state index >= 15 is 0 Å². The molecular formula is C35H37N9O4. The number of hydroxylamine groups is 2. The number of rotatable bonds is 8.